The number of rotatable bonds is 8. The van der Waals surface area contributed by atoms with Crippen molar-refractivity contribution in [3.63, 3.8) is 0 Å². The number of aromatic amines is 1. The molecule has 4 rings (SSSR count). The number of ketones is 1. The Kier molecular flexibility index (Phi) is 7.49. The van der Waals surface area contributed by atoms with Crippen molar-refractivity contribution in [3.8, 4) is 5.75 Å². The number of carbonyl (C=O) groups is 2. The van der Waals surface area contributed by atoms with Crippen LogP contribution in [0, 0.1) is 11.6 Å². The third-order valence-electron chi connectivity index (χ3n) is 7.14. The quantitative estimate of drug-likeness (QED) is 0.451. The molecule has 0 unspecified atom stereocenters. The van der Waals surface area contributed by atoms with Crippen LogP contribution in [0.4, 0.5) is 8.78 Å². The smallest absolute Gasteiger partial charge is 0.280 e. The number of hydrogen-bond acceptors (Lipinski definition) is 5. The minimum atomic E-state index is -2.29. The van der Waals surface area contributed by atoms with Crippen LogP contribution in [-0.4, -0.2) is 43.5 Å². The van der Waals surface area contributed by atoms with E-state index in [2.05, 4.69) is 5.16 Å². The number of Topliss-reactive ketones (excluding diaryl/α,β-unsaturated/α-hetero) is 1. The molecule has 10 heteroatoms. The maximum absolute atomic E-state index is 15.0. The topological polar surface area (TPSA) is 92.6 Å². The number of H-pyrrole nitrogens is 1. The molecule has 1 aliphatic rings. The number of nitrogens with zero attached hydrogens (tertiary/aromatic N) is 1. The van der Waals surface area contributed by atoms with Gasteiger partial charge in [0.05, 0.1) is 21.6 Å². The summed E-state index contributed by atoms with van der Waals surface area (Å²) in [6, 6.07) is 8.66. The lowest BCUT2D eigenvalue weighted by Crippen LogP contribution is -2.45. The van der Waals surface area contributed by atoms with Crippen molar-refractivity contribution in [2.45, 2.75) is 51.4 Å². The molecule has 196 valence electrons. The van der Waals surface area contributed by atoms with Gasteiger partial charge in [-0.15, -0.1) is 0 Å². The number of fused-ring (bicyclic) bond motifs is 1. The van der Waals surface area contributed by atoms with Gasteiger partial charge in [-0.1, -0.05) is 32.1 Å². The summed E-state index contributed by atoms with van der Waals surface area (Å²) < 4.78 is 40.4. The van der Waals surface area contributed by atoms with Gasteiger partial charge < -0.3 is 14.2 Å². The molecule has 0 bridgehead atoms. The molecular weight excluding hydrogens is 498 g/mol. The highest BCUT2D eigenvalue weighted by molar-refractivity contribution is 6.89. The average molecular weight is 529 g/mol. The number of benzene rings is 2. The molecular formula is C27H30F2N2O5Si. The second-order valence-electron chi connectivity index (χ2n) is 9.98. The number of methoxy groups -OCH3 is 1. The van der Waals surface area contributed by atoms with Gasteiger partial charge in [0.25, 0.3) is 5.56 Å². The molecule has 0 saturated carbocycles. The van der Waals surface area contributed by atoms with Crippen LogP contribution in [0.5, 0.6) is 5.75 Å². The predicted octanol–water partition coefficient (Wildman–Crippen LogP) is 3.67. The zero-order valence-electron chi connectivity index (χ0n) is 21.3. The van der Waals surface area contributed by atoms with E-state index in [1.165, 1.54) is 23.1 Å². The van der Waals surface area contributed by atoms with Crippen molar-refractivity contribution >= 4 is 25.0 Å². The number of aromatic nitrogens is 1. The van der Waals surface area contributed by atoms with Gasteiger partial charge in [-0.05, 0) is 47.4 Å². The molecule has 2 heterocycles. The largest absolute Gasteiger partial charge is 0.497 e. The lowest BCUT2D eigenvalue weighted by Gasteiger charge is -2.36. The Balaban J connectivity index is 1.68. The highest BCUT2D eigenvalue weighted by atomic mass is 28.3. The lowest BCUT2D eigenvalue weighted by molar-refractivity contribution is -0.140. The predicted molar refractivity (Wildman–Crippen MR) is 137 cm³/mol. The number of hydrogen-bond donors (Lipinski definition) is 1. The first-order chi connectivity index (χ1) is 17.5. The van der Waals surface area contributed by atoms with Crippen molar-refractivity contribution in [1.82, 2.24) is 10.1 Å². The summed E-state index contributed by atoms with van der Waals surface area (Å²) in [5.41, 5.74) is 1.25. The molecule has 1 amide bonds. The van der Waals surface area contributed by atoms with Crippen molar-refractivity contribution in [3.05, 3.63) is 80.8 Å². The van der Waals surface area contributed by atoms with Gasteiger partial charge in [-0.3, -0.25) is 14.4 Å². The van der Waals surface area contributed by atoms with E-state index in [-0.39, 0.29) is 41.7 Å². The maximum atomic E-state index is 15.0. The fourth-order valence-electron chi connectivity index (χ4n) is 4.85. The Hall–Kier alpha value is -3.53. The summed E-state index contributed by atoms with van der Waals surface area (Å²) in [5, 5.41) is 2.28. The third kappa shape index (κ3) is 5.43. The number of carbonyl (C=O) groups excluding carboxylic acids is 2. The minimum absolute atomic E-state index is 0.131. The van der Waals surface area contributed by atoms with Gasteiger partial charge >= 0.3 is 0 Å². The van der Waals surface area contributed by atoms with E-state index < -0.39 is 37.2 Å². The van der Waals surface area contributed by atoms with Gasteiger partial charge in [0.1, 0.15) is 29.2 Å². The molecule has 2 aromatic carbocycles. The molecule has 7 nitrogen and oxygen atoms in total. The number of ether oxygens (including phenoxy) is 1. The summed E-state index contributed by atoms with van der Waals surface area (Å²) in [5.74, 6) is -1.25. The van der Waals surface area contributed by atoms with Crippen LogP contribution in [0.25, 0.3) is 0 Å². The van der Waals surface area contributed by atoms with E-state index in [0.717, 1.165) is 5.56 Å². The molecule has 1 aliphatic heterocycles. The van der Waals surface area contributed by atoms with Crippen LogP contribution in [0.3, 0.4) is 0 Å². The molecule has 37 heavy (non-hydrogen) atoms. The van der Waals surface area contributed by atoms with Crippen LogP contribution >= 0.6 is 0 Å². The zero-order chi connectivity index (χ0) is 26.9. The van der Waals surface area contributed by atoms with Crippen LogP contribution in [0.2, 0.25) is 19.1 Å². The molecule has 3 aromatic rings. The molecule has 1 aromatic heterocycles. The Morgan fingerprint density at radius 1 is 1.14 bits per heavy atom. The summed E-state index contributed by atoms with van der Waals surface area (Å²) in [6.07, 6.45) is 0.0396. The standard InChI is InChI=1S/C27H30F2N2O5Si/c1-5-37(3,4)27-21(28)10-16(11-22(27)29)12-23(32)26-20-7-6-18(35-2)13-17(20)8-9-31(26)25(34)15-19-14-24(33)30-36-19/h6-7,10-11,13-14,26H,5,8-9,12,15H2,1-4H3,(H,30,33)/t26-/m1/s1. The monoisotopic (exact) mass is 528 g/mol. The van der Waals surface area contributed by atoms with Crippen LogP contribution in [-0.2, 0) is 28.9 Å². The highest BCUT2D eigenvalue weighted by Gasteiger charge is 2.37. The second-order valence-corrected chi connectivity index (χ2v) is 15.0. The highest BCUT2D eigenvalue weighted by Crippen LogP contribution is 2.34. The molecule has 0 saturated heterocycles. The van der Waals surface area contributed by atoms with Crippen LogP contribution in [0.1, 0.15) is 35.4 Å². The first kappa shape index (κ1) is 26.5. The van der Waals surface area contributed by atoms with Gasteiger partial charge in [0.2, 0.25) is 5.91 Å². The van der Waals surface area contributed by atoms with E-state index in [1.54, 1.807) is 19.2 Å². The number of amides is 1. The minimum Gasteiger partial charge on any atom is -0.497 e. The van der Waals surface area contributed by atoms with Gasteiger partial charge in [-0.2, -0.15) is 5.16 Å². The summed E-state index contributed by atoms with van der Waals surface area (Å²) in [7, 11) is -0.744. The third-order valence-corrected chi connectivity index (χ3v) is 10.7. The van der Waals surface area contributed by atoms with E-state index >= 15 is 8.78 Å². The summed E-state index contributed by atoms with van der Waals surface area (Å²) in [6.45, 7) is 5.98. The molecule has 1 atom stereocenters. The molecule has 0 spiro atoms. The second kappa shape index (κ2) is 10.4. The summed E-state index contributed by atoms with van der Waals surface area (Å²) >= 11 is 0. The number of nitrogens with one attached hydrogen (secondary N) is 1. The molecule has 1 N–H and O–H groups in total. The van der Waals surface area contributed by atoms with Crippen LogP contribution in [0.15, 0.2) is 45.7 Å². The van der Waals surface area contributed by atoms with Crippen molar-refractivity contribution < 1.29 is 27.6 Å². The van der Waals surface area contributed by atoms with Crippen molar-refractivity contribution in [1.29, 1.82) is 0 Å². The van der Waals surface area contributed by atoms with E-state index in [0.29, 0.717) is 23.8 Å². The van der Waals surface area contributed by atoms with E-state index in [1.807, 2.05) is 26.1 Å². The Morgan fingerprint density at radius 2 is 1.84 bits per heavy atom. The first-order valence-electron chi connectivity index (χ1n) is 12.2. The normalized spacial score (nSPS) is 15.4. The number of halogens is 2. The average Bonchev–Trinajstić information content (AvgIpc) is 3.26. The Bertz CT molecular complexity index is 1370. The Morgan fingerprint density at radius 3 is 2.43 bits per heavy atom. The van der Waals surface area contributed by atoms with Crippen molar-refractivity contribution in [2.24, 2.45) is 0 Å². The molecule has 0 radical (unpaired) electrons. The molecule has 0 fully saturated rings. The van der Waals surface area contributed by atoms with Gasteiger partial charge in [0.15, 0.2) is 5.78 Å². The van der Waals surface area contributed by atoms with Gasteiger partial charge in [0, 0.05) is 24.2 Å². The maximum Gasteiger partial charge on any atom is 0.280 e. The first-order valence-corrected chi connectivity index (χ1v) is 15.4. The van der Waals surface area contributed by atoms with E-state index in [4.69, 9.17) is 9.26 Å². The van der Waals surface area contributed by atoms with Crippen LogP contribution < -0.4 is 15.5 Å². The lowest BCUT2D eigenvalue weighted by atomic mass is 9.87. The molecule has 0 aliphatic carbocycles. The Labute approximate surface area is 214 Å². The summed E-state index contributed by atoms with van der Waals surface area (Å²) in [4.78, 5) is 39.8. The SMILES string of the molecule is CC[Si](C)(C)c1c(F)cc(CC(=O)[C@H]2c3ccc(OC)cc3CCN2C(=O)Cc2cc(=O)[nH]o2)cc1F. The fourth-order valence-corrected chi connectivity index (χ4v) is 6.64. The fraction of sp³-hybridized carbons (Fsp3) is 0.370. The zero-order valence-corrected chi connectivity index (χ0v) is 22.3. The van der Waals surface area contributed by atoms with Crippen molar-refractivity contribution in [2.75, 3.05) is 13.7 Å². The van der Waals surface area contributed by atoms with E-state index in [9.17, 15) is 14.4 Å². The van der Waals surface area contributed by atoms with Gasteiger partial charge in [-0.25, -0.2) is 8.78 Å².